The van der Waals surface area contributed by atoms with Crippen LogP contribution in [-0.2, 0) is 7.05 Å². The van der Waals surface area contributed by atoms with Gasteiger partial charge in [-0.25, -0.2) is 4.79 Å². The van der Waals surface area contributed by atoms with Gasteiger partial charge in [-0.3, -0.25) is 8.77 Å². The summed E-state index contributed by atoms with van der Waals surface area (Å²) >= 11 is 3.02. The zero-order chi connectivity index (χ0) is 13.6. The van der Waals surface area contributed by atoms with E-state index < -0.39 is 11.5 Å². The highest BCUT2D eigenvalue weighted by atomic mass is 79.9. The van der Waals surface area contributed by atoms with Crippen LogP contribution in [0.1, 0.15) is 16.1 Å². The lowest BCUT2D eigenvalue weighted by Crippen LogP contribution is -2.17. The zero-order valence-electron chi connectivity index (χ0n) is 9.40. The molecule has 18 heavy (non-hydrogen) atoms. The summed E-state index contributed by atoms with van der Waals surface area (Å²) in [6.07, 6.45) is 1.46. The third kappa shape index (κ3) is 1.67. The number of carbonyl (C=O) groups is 1. The van der Waals surface area contributed by atoms with Crippen LogP contribution in [0, 0.1) is 6.92 Å². The first-order valence-corrected chi connectivity index (χ1v) is 6.29. The number of nitrogens with zero attached hydrogens (tertiary/aromatic N) is 2. The van der Waals surface area contributed by atoms with Crippen molar-refractivity contribution in [2.45, 2.75) is 6.92 Å². The Morgan fingerprint density at radius 1 is 1.56 bits per heavy atom. The molecule has 0 atom stereocenters. The normalized spacial score (nSPS) is 11.1. The minimum Gasteiger partial charge on any atom is -0.478 e. The number of aromatic nitrogens is 2. The monoisotopic (exact) mass is 334 g/mol. The van der Waals surface area contributed by atoms with Gasteiger partial charge in [-0.1, -0.05) is 0 Å². The van der Waals surface area contributed by atoms with Crippen molar-refractivity contribution in [3.05, 3.63) is 32.3 Å². The van der Waals surface area contributed by atoms with E-state index >= 15 is 0 Å². The summed E-state index contributed by atoms with van der Waals surface area (Å²) in [5, 5.41) is 9.40. The van der Waals surface area contributed by atoms with Crippen molar-refractivity contribution in [2.24, 2.45) is 7.05 Å². The van der Waals surface area contributed by atoms with Crippen molar-refractivity contribution >= 4 is 45.1 Å². The molecule has 0 fully saturated rings. The highest BCUT2D eigenvalue weighted by Gasteiger charge is 2.24. The Balaban J connectivity index is 3.15. The first-order chi connectivity index (χ1) is 8.40. The maximum Gasteiger partial charge on any atom is 0.338 e. The van der Waals surface area contributed by atoms with Crippen LogP contribution in [0.4, 0.5) is 3.89 Å². The Labute approximate surface area is 114 Å². The Bertz CT molecular complexity index is 722. The summed E-state index contributed by atoms with van der Waals surface area (Å²) in [6, 6.07) is 0. The molecule has 0 unspecified atom stereocenters. The Morgan fingerprint density at radius 3 is 2.67 bits per heavy atom. The van der Waals surface area contributed by atoms with Crippen LogP contribution in [0.5, 0.6) is 0 Å². The molecule has 0 aromatic carbocycles. The Kier molecular flexibility index (Phi) is 3.24. The average Bonchev–Trinajstić information content (AvgIpc) is 2.59. The molecule has 0 aliphatic carbocycles. The molecule has 2 aromatic heterocycles. The second-order valence-corrected chi connectivity index (χ2v) is 5.10. The number of halogens is 2. The van der Waals surface area contributed by atoms with Crippen LogP contribution in [0.15, 0.2) is 15.5 Å². The molecule has 0 saturated carbocycles. The van der Waals surface area contributed by atoms with Crippen LogP contribution < -0.4 is 5.56 Å². The second kappa shape index (κ2) is 4.43. The summed E-state index contributed by atoms with van der Waals surface area (Å²) in [6.45, 7) is 1.46. The van der Waals surface area contributed by atoms with Crippen molar-refractivity contribution in [2.75, 3.05) is 0 Å². The summed E-state index contributed by atoms with van der Waals surface area (Å²) in [7, 11) is 1.52. The van der Waals surface area contributed by atoms with Gasteiger partial charge < -0.3 is 9.67 Å². The fraction of sp³-hybridized carbons (Fsp3) is 0.200. The van der Waals surface area contributed by atoms with Gasteiger partial charge in [0, 0.05) is 28.8 Å². The maximum absolute atomic E-state index is 13.0. The topological polar surface area (TPSA) is 64.2 Å². The largest absolute Gasteiger partial charge is 0.478 e. The average molecular weight is 335 g/mol. The molecule has 2 aromatic rings. The maximum atomic E-state index is 13.0. The standard InChI is InChI=1S/C10H8BrFN2O3S/c1-4-6(10(16)17)7-5(11)3-13(2)9(15)8(7)14(4)18-12/h3H,1-2H3,(H,16,17). The summed E-state index contributed by atoms with van der Waals surface area (Å²) in [5.41, 5.74) is -0.308. The molecule has 0 radical (unpaired) electrons. The van der Waals surface area contributed by atoms with E-state index in [4.69, 9.17) is 0 Å². The van der Waals surface area contributed by atoms with Gasteiger partial charge in [0.05, 0.1) is 5.56 Å². The molecule has 2 heterocycles. The number of carboxylic acids is 1. The van der Waals surface area contributed by atoms with Crippen LogP contribution >= 0.6 is 28.3 Å². The minimum atomic E-state index is -1.20. The van der Waals surface area contributed by atoms with E-state index in [2.05, 4.69) is 15.9 Å². The predicted molar refractivity (Wildman–Crippen MR) is 70.7 cm³/mol. The van der Waals surface area contributed by atoms with Crippen molar-refractivity contribution in [3.63, 3.8) is 0 Å². The van der Waals surface area contributed by atoms with Gasteiger partial charge in [-0.05, 0) is 22.9 Å². The van der Waals surface area contributed by atoms with E-state index in [9.17, 15) is 18.6 Å². The molecule has 0 saturated heterocycles. The number of fused-ring (bicyclic) bond motifs is 1. The number of aryl methyl sites for hydroxylation is 1. The molecular formula is C10H8BrFN2O3S. The highest BCUT2D eigenvalue weighted by Crippen LogP contribution is 2.32. The van der Waals surface area contributed by atoms with E-state index in [1.54, 1.807) is 0 Å². The van der Waals surface area contributed by atoms with Gasteiger partial charge in [0.15, 0.2) is 12.3 Å². The lowest BCUT2D eigenvalue weighted by Gasteiger charge is -2.02. The van der Waals surface area contributed by atoms with Crippen LogP contribution in [-0.4, -0.2) is 19.6 Å². The van der Waals surface area contributed by atoms with Crippen molar-refractivity contribution < 1.29 is 13.8 Å². The molecule has 0 amide bonds. The summed E-state index contributed by atoms with van der Waals surface area (Å²) in [4.78, 5) is 23.2. The SMILES string of the molecule is Cc1c(C(=O)O)c2c(Br)cn(C)c(=O)c2n1SF. The number of hydrogen-bond donors (Lipinski definition) is 1. The molecule has 8 heteroatoms. The van der Waals surface area contributed by atoms with Gasteiger partial charge in [0.25, 0.3) is 5.56 Å². The highest BCUT2D eigenvalue weighted by molar-refractivity contribution is 9.10. The van der Waals surface area contributed by atoms with Crippen LogP contribution in [0.25, 0.3) is 10.9 Å². The molecule has 5 nitrogen and oxygen atoms in total. The molecule has 0 aliphatic rings. The van der Waals surface area contributed by atoms with Crippen LogP contribution in [0.3, 0.4) is 0 Å². The second-order valence-electron chi connectivity index (χ2n) is 3.75. The van der Waals surface area contributed by atoms with E-state index in [0.29, 0.717) is 4.47 Å². The van der Waals surface area contributed by atoms with E-state index in [0.717, 1.165) is 3.97 Å². The van der Waals surface area contributed by atoms with Gasteiger partial charge >= 0.3 is 5.97 Å². The third-order valence-corrected chi connectivity index (χ3v) is 3.90. The molecular weight excluding hydrogens is 327 g/mol. The quantitative estimate of drug-likeness (QED) is 0.916. The fourth-order valence-electron chi connectivity index (χ4n) is 1.90. The number of aromatic carboxylic acids is 1. The smallest absolute Gasteiger partial charge is 0.338 e. The summed E-state index contributed by atoms with van der Waals surface area (Å²) < 4.78 is 15.7. The third-order valence-electron chi connectivity index (χ3n) is 2.71. The summed E-state index contributed by atoms with van der Waals surface area (Å²) in [5.74, 6) is -1.20. The number of hydrogen-bond acceptors (Lipinski definition) is 3. The van der Waals surface area contributed by atoms with Crippen molar-refractivity contribution in [1.82, 2.24) is 8.54 Å². The lowest BCUT2D eigenvalue weighted by atomic mass is 10.1. The van der Waals surface area contributed by atoms with E-state index in [1.165, 1.54) is 24.7 Å². The van der Waals surface area contributed by atoms with Crippen LogP contribution in [0.2, 0.25) is 0 Å². The minimum absolute atomic E-state index is 0.0225. The van der Waals surface area contributed by atoms with Gasteiger partial charge in [-0.2, -0.15) is 0 Å². The van der Waals surface area contributed by atoms with E-state index in [1.807, 2.05) is 0 Å². The molecule has 1 N–H and O–H groups in total. The van der Waals surface area contributed by atoms with E-state index in [-0.39, 0.29) is 34.5 Å². The van der Waals surface area contributed by atoms with Crippen molar-refractivity contribution in [1.29, 1.82) is 0 Å². The first kappa shape index (κ1) is 13.2. The van der Waals surface area contributed by atoms with Crippen molar-refractivity contribution in [3.8, 4) is 0 Å². The molecule has 2 rings (SSSR count). The lowest BCUT2D eigenvalue weighted by molar-refractivity contribution is 0.0698. The number of pyridine rings is 1. The first-order valence-electron chi connectivity index (χ1n) is 4.82. The Hall–Kier alpha value is -1.28. The van der Waals surface area contributed by atoms with Gasteiger partial charge in [-0.15, -0.1) is 3.89 Å². The van der Waals surface area contributed by atoms with Gasteiger partial charge in [0.1, 0.15) is 5.52 Å². The fourth-order valence-corrected chi connectivity index (χ4v) is 3.03. The predicted octanol–water partition coefficient (Wildman–Crippen LogP) is 2.49. The zero-order valence-corrected chi connectivity index (χ0v) is 11.8. The molecule has 96 valence electrons. The molecule has 0 aliphatic heterocycles. The molecule has 0 bridgehead atoms. The molecule has 0 spiro atoms. The number of carboxylic acid groups (broad SMARTS) is 1. The van der Waals surface area contributed by atoms with Gasteiger partial charge in [0.2, 0.25) is 0 Å². The Morgan fingerprint density at radius 2 is 2.17 bits per heavy atom. The number of rotatable bonds is 2.